The van der Waals surface area contributed by atoms with Crippen molar-refractivity contribution in [3.63, 3.8) is 0 Å². The number of carbonyl (C=O) groups excluding carboxylic acids is 1. The summed E-state index contributed by atoms with van der Waals surface area (Å²) in [7, 11) is 0. The minimum Gasteiger partial charge on any atom is -0.326 e. The average molecular weight is 279 g/mol. The lowest BCUT2D eigenvalue weighted by Crippen LogP contribution is -2.14. The molecule has 0 bridgehead atoms. The number of Topliss-reactive ketones (excluding diaryl/α,β-unsaturated/α-hetero) is 1. The number of benzene rings is 2. The molecule has 0 heterocycles. The Morgan fingerprint density at radius 1 is 1.10 bits per heavy atom. The number of hydrogen-bond acceptors (Lipinski definition) is 2. The first-order chi connectivity index (χ1) is 10.3. The van der Waals surface area contributed by atoms with Crippen LogP contribution in [0.25, 0.3) is 0 Å². The number of rotatable bonds is 4. The Kier molecular flexibility index (Phi) is 4.16. The van der Waals surface area contributed by atoms with Crippen molar-refractivity contribution in [1.29, 1.82) is 0 Å². The molecule has 0 fully saturated rings. The largest absolute Gasteiger partial charge is 0.326 e. The zero-order valence-corrected chi connectivity index (χ0v) is 12.2. The van der Waals surface area contributed by atoms with E-state index in [1.165, 1.54) is 17.5 Å². The van der Waals surface area contributed by atoms with Crippen LogP contribution in [0.3, 0.4) is 0 Å². The lowest BCUT2D eigenvalue weighted by molar-refractivity contribution is 0.0971. The molecular weight excluding hydrogens is 258 g/mol. The molecule has 2 aromatic rings. The molecule has 0 radical (unpaired) electrons. The van der Waals surface area contributed by atoms with Gasteiger partial charge in [0.2, 0.25) is 0 Å². The van der Waals surface area contributed by atoms with Crippen LogP contribution in [0.1, 0.15) is 52.2 Å². The molecule has 1 atom stereocenters. The van der Waals surface area contributed by atoms with E-state index in [1.807, 2.05) is 24.3 Å². The van der Waals surface area contributed by atoms with Crippen molar-refractivity contribution in [2.75, 3.05) is 0 Å². The van der Waals surface area contributed by atoms with E-state index < -0.39 is 0 Å². The Labute approximate surface area is 126 Å². The summed E-state index contributed by atoms with van der Waals surface area (Å²) in [6.07, 6.45) is 4.05. The van der Waals surface area contributed by atoms with Gasteiger partial charge in [0.25, 0.3) is 0 Å². The van der Waals surface area contributed by atoms with Crippen LogP contribution in [-0.2, 0) is 13.0 Å². The summed E-state index contributed by atoms with van der Waals surface area (Å²) in [5.74, 6) is 0.608. The van der Waals surface area contributed by atoms with Crippen LogP contribution in [0, 0.1) is 0 Å². The van der Waals surface area contributed by atoms with Gasteiger partial charge in [0.15, 0.2) is 5.78 Å². The summed E-state index contributed by atoms with van der Waals surface area (Å²) in [4.78, 5) is 12.5. The molecule has 1 aliphatic rings. The second kappa shape index (κ2) is 6.23. The van der Waals surface area contributed by atoms with E-state index in [2.05, 4.69) is 24.3 Å². The fourth-order valence-corrected chi connectivity index (χ4v) is 3.23. The maximum Gasteiger partial charge on any atom is 0.163 e. The van der Waals surface area contributed by atoms with Gasteiger partial charge in [0, 0.05) is 18.5 Å². The minimum absolute atomic E-state index is 0.236. The summed E-state index contributed by atoms with van der Waals surface area (Å²) in [5, 5.41) is 0. The first-order valence-corrected chi connectivity index (χ1v) is 7.68. The maximum atomic E-state index is 12.5. The van der Waals surface area contributed by atoms with Crippen LogP contribution in [-0.4, -0.2) is 5.78 Å². The summed E-state index contributed by atoms with van der Waals surface area (Å²) in [5.41, 5.74) is 10.2. The predicted molar refractivity (Wildman–Crippen MR) is 85.4 cm³/mol. The smallest absolute Gasteiger partial charge is 0.163 e. The number of fused-ring (bicyclic) bond motifs is 1. The molecule has 0 aliphatic heterocycles. The van der Waals surface area contributed by atoms with Gasteiger partial charge in [-0.3, -0.25) is 4.79 Å². The number of carbonyl (C=O) groups is 1. The van der Waals surface area contributed by atoms with Gasteiger partial charge >= 0.3 is 0 Å². The highest BCUT2D eigenvalue weighted by Crippen LogP contribution is 2.34. The van der Waals surface area contributed by atoms with Crippen molar-refractivity contribution in [2.45, 2.75) is 38.1 Å². The zero-order valence-electron chi connectivity index (χ0n) is 12.2. The van der Waals surface area contributed by atoms with Crippen LogP contribution >= 0.6 is 0 Å². The molecule has 0 saturated carbocycles. The van der Waals surface area contributed by atoms with Crippen LogP contribution < -0.4 is 5.73 Å². The number of hydrogen-bond donors (Lipinski definition) is 1. The highest BCUT2D eigenvalue weighted by molar-refractivity contribution is 5.96. The lowest BCUT2D eigenvalue weighted by Gasteiger charge is -2.25. The van der Waals surface area contributed by atoms with Crippen molar-refractivity contribution in [2.24, 2.45) is 5.73 Å². The third-order valence-electron chi connectivity index (χ3n) is 4.44. The predicted octanol–water partition coefficient (Wildman–Crippen LogP) is 3.84. The molecule has 3 rings (SSSR count). The molecule has 2 N–H and O–H groups in total. The van der Waals surface area contributed by atoms with Gasteiger partial charge in [0.05, 0.1) is 0 Å². The monoisotopic (exact) mass is 279 g/mol. The van der Waals surface area contributed by atoms with E-state index >= 15 is 0 Å². The summed E-state index contributed by atoms with van der Waals surface area (Å²) in [6.45, 7) is 0.518. The van der Waals surface area contributed by atoms with Crippen molar-refractivity contribution in [3.8, 4) is 0 Å². The number of ketones is 1. The molecule has 0 spiro atoms. The van der Waals surface area contributed by atoms with Gasteiger partial charge in [-0.1, -0.05) is 48.5 Å². The van der Waals surface area contributed by atoms with Gasteiger partial charge in [-0.05, 0) is 41.9 Å². The summed E-state index contributed by atoms with van der Waals surface area (Å²) < 4.78 is 0. The highest BCUT2D eigenvalue weighted by Gasteiger charge is 2.22. The van der Waals surface area contributed by atoms with Gasteiger partial charge in [-0.15, -0.1) is 0 Å². The van der Waals surface area contributed by atoms with Gasteiger partial charge in [0.1, 0.15) is 0 Å². The molecule has 2 aromatic carbocycles. The topological polar surface area (TPSA) is 43.1 Å². The molecule has 108 valence electrons. The zero-order chi connectivity index (χ0) is 14.7. The van der Waals surface area contributed by atoms with Gasteiger partial charge in [-0.25, -0.2) is 0 Å². The van der Waals surface area contributed by atoms with Crippen LogP contribution in [0.2, 0.25) is 0 Å². The van der Waals surface area contributed by atoms with E-state index in [1.54, 1.807) is 0 Å². The van der Waals surface area contributed by atoms with E-state index in [-0.39, 0.29) is 5.78 Å². The first-order valence-electron chi connectivity index (χ1n) is 7.68. The molecule has 0 amide bonds. The molecule has 1 aliphatic carbocycles. The summed E-state index contributed by atoms with van der Waals surface area (Å²) >= 11 is 0. The fraction of sp³-hybridized carbons (Fsp3) is 0.316. The SMILES string of the molecule is NCc1ccc(C(=O)CC2CCCc3ccccc32)cc1. The molecule has 2 heteroatoms. The molecule has 2 nitrogen and oxygen atoms in total. The molecule has 0 saturated heterocycles. The first kappa shape index (κ1) is 14.0. The Hall–Kier alpha value is -1.93. The Morgan fingerprint density at radius 3 is 2.62 bits per heavy atom. The highest BCUT2D eigenvalue weighted by atomic mass is 16.1. The van der Waals surface area contributed by atoms with Crippen LogP contribution in [0.15, 0.2) is 48.5 Å². The maximum absolute atomic E-state index is 12.5. The quantitative estimate of drug-likeness (QED) is 0.864. The lowest BCUT2D eigenvalue weighted by atomic mass is 9.79. The number of aryl methyl sites for hydroxylation is 1. The van der Waals surface area contributed by atoms with Crippen molar-refractivity contribution in [3.05, 3.63) is 70.8 Å². The van der Waals surface area contributed by atoms with Crippen LogP contribution in [0.4, 0.5) is 0 Å². The van der Waals surface area contributed by atoms with E-state index in [0.717, 1.165) is 24.0 Å². The fourth-order valence-electron chi connectivity index (χ4n) is 3.23. The molecule has 1 unspecified atom stereocenters. The second-order valence-electron chi connectivity index (χ2n) is 5.82. The third-order valence-corrected chi connectivity index (χ3v) is 4.44. The van der Waals surface area contributed by atoms with E-state index in [4.69, 9.17) is 5.73 Å². The standard InChI is InChI=1S/C19H21NO/c20-13-14-8-10-16(11-9-14)19(21)12-17-6-3-5-15-4-1-2-7-18(15)17/h1-2,4,7-11,17H,3,5-6,12-13,20H2. The van der Waals surface area contributed by atoms with E-state index in [0.29, 0.717) is 18.9 Å². The Balaban J connectivity index is 1.76. The Morgan fingerprint density at radius 2 is 1.86 bits per heavy atom. The molecule has 21 heavy (non-hydrogen) atoms. The Bertz CT molecular complexity index is 630. The molecular formula is C19H21NO. The normalized spacial score (nSPS) is 17.3. The van der Waals surface area contributed by atoms with E-state index in [9.17, 15) is 4.79 Å². The van der Waals surface area contributed by atoms with Crippen LogP contribution in [0.5, 0.6) is 0 Å². The van der Waals surface area contributed by atoms with Crippen molar-refractivity contribution in [1.82, 2.24) is 0 Å². The second-order valence-corrected chi connectivity index (χ2v) is 5.82. The van der Waals surface area contributed by atoms with Crippen molar-refractivity contribution >= 4 is 5.78 Å². The average Bonchev–Trinajstić information content (AvgIpc) is 2.55. The van der Waals surface area contributed by atoms with Crippen molar-refractivity contribution < 1.29 is 4.79 Å². The van der Waals surface area contributed by atoms with Gasteiger partial charge < -0.3 is 5.73 Å². The molecule has 0 aromatic heterocycles. The number of nitrogens with two attached hydrogens (primary N) is 1. The third kappa shape index (κ3) is 3.06. The van der Waals surface area contributed by atoms with Gasteiger partial charge in [-0.2, -0.15) is 0 Å². The minimum atomic E-state index is 0.236. The summed E-state index contributed by atoms with van der Waals surface area (Å²) in [6, 6.07) is 16.3.